The number of hydrogen-bond acceptors (Lipinski definition) is 2. The van der Waals surface area contributed by atoms with E-state index in [0.29, 0.717) is 16.7 Å². The second-order valence-corrected chi connectivity index (χ2v) is 6.29. The molecule has 0 aliphatic carbocycles. The van der Waals surface area contributed by atoms with Crippen LogP contribution in [0.4, 0.5) is 8.78 Å². The number of carboxylic acids is 1. The van der Waals surface area contributed by atoms with Gasteiger partial charge in [0.15, 0.2) is 0 Å². The average molecular weight is 372 g/mol. The summed E-state index contributed by atoms with van der Waals surface area (Å²) in [6, 6.07) is 8.06. The summed E-state index contributed by atoms with van der Waals surface area (Å²) in [5.41, 5.74) is 1.36. The van der Waals surface area contributed by atoms with Gasteiger partial charge >= 0.3 is 5.97 Å². The largest absolute Gasteiger partial charge is 0.496 e. The van der Waals surface area contributed by atoms with E-state index in [9.17, 15) is 18.7 Å². The molecule has 0 radical (unpaired) electrons. The summed E-state index contributed by atoms with van der Waals surface area (Å²) >= 11 is 0. The zero-order valence-electron chi connectivity index (χ0n) is 15.6. The number of rotatable bonds is 7. The molecule has 2 aromatic carbocycles. The molecule has 0 amide bonds. The highest BCUT2D eigenvalue weighted by Gasteiger charge is 2.18. The SMILES string of the molecule is C=C(c1ccc(F)cc1OC)c1cc(C(=O)O)ccc1/C(F)=C\C(C)CC. The van der Waals surface area contributed by atoms with Gasteiger partial charge in [-0.25, -0.2) is 13.6 Å². The summed E-state index contributed by atoms with van der Waals surface area (Å²) in [4.78, 5) is 11.4. The molecular weight excluding hydrogens is 350 g/mol. The van der Waals surface area contributed by atoms with Crippen LogP contribution in [0.5, 0.6) is 5.75 Å². The number of ether oxygens (including phenoxy) is 1. The van der Waals surface area contributed by atoms with E-state index in [1.54, 1.807) is 0 Å². The van der Waals surface area contributed by atoms with Gasteiger partial charge in [-0.2, -0.15) is 0 Å². The minimum atomic E-state index is -1.13. The first-order valence-electron chi connectivity index (χ1n) is 8.56. The minimum absolute atomic E-state index is 0.00678. The number of carboxylic acid groups (broad SMARTS) is 1. The Morgan fingerprint density at radius 1 is 1.22 bits per heavy atom. The van der Waals surface area contributed by atoms with Crippen LogP contribution in [-0.4, -0.2) is 18.2 Å². The van der Waals surface area contributed by atoms with Gasteiger partial charge in [0.1, 0.15) is 17.4 Å². The molecule has 1 unspecified atom stereocenters. The van der Waals surface area contributed by atoms with Crippen molar-refractivity contribution < 1.29 is 23.4 Å². The van der Waals surface area contributed by atoms with Crippen molar-refractivity contribution in [3.05, 3.63) is 77.1 Å². The van der Waals surface area contributed by atoms with Gasteiger partial charge < -0.3 is 9.84 Å². The van der Waals surface area contributed by atoms with Crippen LogP contribution >= 0.6 is 0 Å². The topological polar surface area (TPSA) is 46.5 Å². The number of carbonyl (C=O) groups is 1. The Hall–Kier alpha value is -2.95. The third-order valence-corrected chi connectivity index (χ3v) is 4.41. The van der Waals surface area contributed by atoms with Crippen molar-refractivity contribution in [3.63, 3.8) is 0 Å². The van der Waals surface area contributed by atoms with Crippen LogP contribution in [0.25, 0.3) is 11.4 Å². The minimum Gasteiger partial charge on any atom is -0.496 e. The number of hydrogen-bond donors (Lipinski definition) is 1. The maximum absolute atomic E-state index is 14.9. The third kappa shape index (κ3) is 4.61. The van der Waals surface area contributed by atoms with E-state index < -0.39 is 17.6 Å². The number of benzene rings is 2. The number of methoxy groups -OCH3 is 1. The molecule has 1 N–H and O–H groups in total. The molecular formula is C22H22F2O3. The maximum atomic E-state index is 14.9. The van der Waals surface area contributed by atoms with Crippen molar-refractivity contribution in [2.75, 3.05) is 7.11 Å². The van der Waals surface area contributed by atoms with E-state index in [-0.39, 0.29) is 22.8 Å². The lowest BCUT2D eigenvalue weighted by molar-refractivity contribution is 0.0697. The van der Waals surface area contributed by atoms with Crippen molar-refractivity contribution in [2.24, 2.45) is 5.92 Å². The monoisotopic (exact) mass is 372 g/mol. The highest BCUT2D eigenvalue weighted by atomic mass is 19.1. The molecule has 0 aliphatic rings. The summed E-state index contributed by atoms with van der Waals surface area (Å²) < 4.78 is 33.6. The molecule has 0 aromatic heterocycles. The lowest BCUT2D eigenvalue weighted by atomic mass is 9.91. The molecule has 0 aliphatic heterocycles. The average Bonchev–Trinajstić information content (AvgIpc) is 2.66. The second kappa shape index (κ2) is 8.62. The van der Waals surface area contributed by atoms with E-state index in [2.05, 4.69) is 6.58 Å². The third-order valence-electron chi connectivity index (χ3n) is 4.41. The normalized spacial score (nSPS) is 12.6. The van der Waals surface area contributed by atoms with Gasteiger partial charge in [-0.1, -0.05) is 26.5 Å². The lowest BCUT2D eigenvalue weighted by Gasteiger charge is -2.16. The summed E-state index contributed by atoms with van der Waals surface area (Å²) in [6.07, 6.45) is 2.26. The fourth-order valence-corrected chi connectivity index (χ4v) is 2.65. The summed E-state index contributed by atoms with van der Waals surface area (Å²) in [7, 11) is 1.39. The molecule has 1 atom stereocenters. The van der Waals surface area contributed by atoms with Crippen LogP contribution in [0.3, 0.4) is 0 Å². The van der Waals surface area contributed by atoms with Crippen molar-refractivity contribution in [1.29, 1.82) is 0 Å². The Morgan fingerprint density at radius 2 is 1.89 bits per heavy atom. The number of allylic oxidation sites excluding steroid dienone is 1. The zero-order chi connectivity index (χ0) is 20.1. The van der Waals surface area contributed by atoms with Crippen LogP contribution < -0.4 is 4.74 Å². The Bertz CT molecular complexity index is 900. The van der Waals surface area contributed by atoms with E-state index in [0.717, 1.165) is 6.42 Å². The Balaban J connectivity index is 2.65. The van der Waals surface area contributed by atoms with E-state index in [4.69, 9.17) is 4.74 Å². The second-order valence-electron chi connectivity index (χ2n) is 6.29. The number of halogens is 2. The maximum Gasteiger partial charge on any atom is 0.335 e. The van der Waals surface area contributed by atoms with E-state index in [1.165, 1.54) is 49.6 Å². The van der Waals surface area contributed by atoms with Gasteiger partial charge in [0, 0.05) is 17.2 Å². The Kier molecular flexibility index (Phi) is 6.50. The summed E-state index contributed by atoms with van der Waals surface area (Å²) in [5, 5.41) is 9.30. The van der Waals surface area contributed by atoms with Gasteiger partial charge in [0.25, 0.3) is 0 Å². The van der Waals surface area contributed by atoms with Crippen LogP contribution in [0.1, 0.15) is 47.3 Å². The fourth-order valence-electron chi connectivity index (χ4n) is 2.65. The Morgan fingerprint density at radius 3 is 2.48 bits per heavy atom. The number of aromatic carboxylic acids is 1. The van der Waals surface area contributed by atoms with Gasteiger partial charge in [-0.3, -0.25) is 0 Å². The van der Waals surface area contributed by atoms with Crippen molar-refractivity contribution in [1.82, 2.24) is 0 Å². The first-order valence-corrected chi connectivity index (χ1v) is 8.56. The molecule has 2 rings (SSSR count). The molecule has 0 saturated heterocycles. The van der Waals surface area contributed by atoms with Gasteiger partial charge in [-0.15, -0.1) is 0 Å². The molecule has 27 heavy (non-hydrogen) atoms. The van der Waals surface area contributed by atoms with Crippen molar-refractivity contribution in [2.45, 2.75) is 20.3 Å². The van der Waals surface area contributed by atoms with Crippen LogP contribution in [-0.2, 0) is 0 Å². The highest BCUT2D eigenvalue weighted by molar-refractivity contribution is 5.93. The molecule has 2 aromatic rings. The fraction of sp³-hybridized carbons (Fsp3) is 0.227. The van der Waals surface area contributed by atoms with Gasteiger partial charge in [0.2, 0.25) is 0 Å². The first-order chi connectivity index (χ1) is 12.8. The predicted octanol–water partition coefficient (Wildman–Crippen LogP) is 5.95. The molecule has 3 nitrogen and oxygen atoms in total. The zero-order valence-corrected chi connectivity index (χ0v) is 15.6. The lowest BCUT2D eigenvalue weighted by Crippen LogP contribution is -2.02. The standard InChI is InChI=1S/C22H22F2O3/c1-5-13(2)10-20(24)18-8-6-15(22(25)26)11-19(18)14(3)17-9-7-16(23)12-21(17)27-4/h6-13H,3,5H2,1-2,4H3,(H,25,26)/b20-10+. The smallest absolute Gasteiger partial charge is 0.335 e. The van der Waals surface area contributed by atoms with E-state index >= 15 is 0 Å². The molecule has 0 heterocycles. The molecule has 0 fully saturated rings. The van der Waals surface area contributed by atoms with Crippen LogP contribution in [0.15, 0.2) is 49.1 Å². The predicted molar refractivity (Wildman–Crippen MR) is 103 cm³/mol. The van der Waals surface area contributed by atoms with E-state index in [1.807, 2.05) is 13.8 Å². The van der Waals surface area contributed by atoms with Gasteiger partial charge in [0.05, 0.1) is 12.7 Å². The molecule has 0 bridgehead atoms. The Labute approximate surface area is 157 Å². The molecule has 0 saturated carbocycles. The summed E-state index contributed by atoms with van der Waals surface area (Å²) in [5.74, 6) is -1.82. The first kappa shape index (κ1) is 20.4. The van der Waals surface area contributed by atoms with Crippen molar-refractivity contribution >= 4 is 17.4 Å². The van der Waals surface area contributed by atoms with Crippen molar-refractivity contribution in [3.8, 4) is 5.75 Å². The van der Waals surface area contributed by atoms with Gasteiger partial charge in [-0.05, 0) is 53.8 Å². The quantitative estimate of drug-likeness (QED) is 0.653. The van der Waals surface area contributed by atoms with Crippen LogP contribution in [0, 0.1) is 11.7 Å². The molecule has 142 valence electrons. The highest BCUT2D eigenvalue weighted by Crippen LogP contribution is 2.35. The summed E-state index contributed by atoms with van der Waals surface area (Å²) in [6.45, 7) is 7.83. The molecule has 0 spiro atoms. The van der Waals surface area contributed by atoms with Crippen LogP contribution in [0.2, 0.25) is 0 Å². The molecule has 5 heteroatoms.